The van der Waals surface area contributed by atoms with Crippen molar-refractivity contribution < 1.29 is 19.8 Å². The first-order valence-electron chi connectivity index (χ1n) is 1.11. The zero-order valence-corrected chi connectivity index (χ0v) is 8.92. The zero-order valence-electron chi connectivity index (χ0n) is 3.42. The van der Waals surface area contributed by atoms with Gasteiger partial charge in [0.05, 0.1) is 0 Å². The molecule has 0 aliphatic carbocycles. The van der Waals surface area contributed by atoms with Crippen molar-refractivity contribution in [3.05, 3.63) is 0 Å². The van der Waals surface area contributed by atoms with E-state index >= 15 is 0 Å². The van der Waals surface area contributed by atoms with Gasteiger partial charge in [-0.15, -0.1) is 0 Å². The van der Waals surface area contributed by atoms with E-state index in [1.807, 2.05) is 0 Å². The predicted octanol–water partition coefficient (Wildman–Crippen LogP) is -2.03. The molecule has 0 atom stereocenters. The molecule has 0 amide bonds. The number of hydrogen-bond acceptors (Lipinski definition) is 2. The molecule has 0 aliphatic heterocycles. The molecule has 0 fully saturated rings. The second-order valence-electron chi connectivity index (χ2n) is 0.610. The van der Waals surface area contributed by atoms with Gasteiger partial charge in [-0.2, -0.15) is 0 Å². The zero-order chi connectivity index (χ0) is 5.15. The number of carboxylic acids is 2. The topological polar surface area (TPSA) is 74.6 Å². The van der Waals surface area contributed by atoms with Crippen LogP contribution < -0.4 is 0 Å². The van der Waals surface area contributed by atoms with Gasteiger partial charge in [-0.05, 0) is 0 Å². The van der Waals surface area contributed by atoms with Crippen molar-refractivity contribution in [2.45, 2.75) is 0 Å². The van der Waals surface area contributed by atoms with Crippen LogP contribution in [-0.4, -0.2) is 48.4 Å². The van der Waals surface area contributed by atoms with Gasteiger partial charge in [0.15, 0.2) is 0 Å². The van der Waals surface area contributed by atoms with Gasteiger partial charge in [-0.25, -0.2) is 9.59 Å². The van der Waals surface area contributed by atoms with Gasteiger partial charge in [-0.3, -0.25) is 0 Å². The Morgan fingerprint density at radius 3 is 1.14 bits per heavy atom. The number of rotatable bonds is 0. The Morgan fingerprint density at radius 1 is 1.00 bits per heavy atom. The van der Waals surface area contributed by atoms with Crippen molar-refractivity contribution in [3.8, 4) is 0 Å². The summed E-state index contributed by atoms with van der Waals surface area (Å²) in [6.45, 7) is 0. The maximum atomic E-state index is 9.10. The average Bonchev–Trinajstić information content (AvgIpc) is 1.36. The van der Waals surface area contributed by atoms with E-state index in [9.17, 15) is 0 Å². The van der Waals surface area contributed by atoms with Crippen molar-refractivity contribution in [2.75, 3.05) is 0 Å². The van der Waals surface area contributed by atoms with Crippen LogP contribution in [0.4, 0.5) is 0 Å². The van der Waals surface area contributed by atoms with E-state index in [0.29, 0.717) is 0 Å². The molecule has 5 heteroatoms. The third kappa shape index (κ3) is 5.82. The van der Waals surface area contributed by atoms with Gasteiger partial charge in [0.25, 0.3) is 0 Å². The minimum absolute atomic E-state index is 0. The van der Waals surface area contributed by atoms with Gasteiger partial charge in [0.1, 0.15) is 0 Å². The van der Waals surface area contributed by atoms with E-state index < -0.39 is 11.9 Å². The fourth-order valence-corrected chi connectivity index (χ4v) is 0. The molecule has 0 aromatic rings. The molecule has 0 heterocycles. The summed E-state index contributed by atoms with van der Waals surface area (Å²) >= 11 is 0. The quantitative estimate of drug-likeness (QED) is 0.400. The molecule has 0 rings (SSSR count). The van der Waals surface area contributed by atoms with Crippen LogP contribution in [0.15, 0.2) is 0 Å². The number of carbonyl (C=O) groups is 2. The molecule has 0 aromatic heterocycles. The third-order valence-corrected chi connectivity index (χ3v) is 0.183. The first kappa shape index (κ1) is 9.95. The molecule has 0 aromatic carbocycles. The summed E-state index contributed by atoms with van der Waals surface area (Å²) in [7, 11) is 0. The number of carboxylic acid groups (broad SMARTS) is 2. The molecule has 0 aliphatic rings. The molecule has 2 N–H and O–H groups in total. The van der Waals surface area contributed by atoms with Crippen LogP contribution in [0.1, 0.15) is 0 Å². The maximum absolute atomic E-state index is 9.10. The number of hydrogen-bond donors (Lipinski definition) is 2. The first-order chi connectivity index (χ1) is 2.64. The van der Waals surface area contributed by atoms with E-state index in [-0.39, 0.29) is 26.2 Å². The van der Waals surface area contributed by atoms with Gasteiger partial charge in [0, 0.05) is 0 Å². The summed E-state index contributed by atoms with van der Waals surface area (Å²) in [5.74, 6) is -3.65. The Labute approximate surface area is 58.3 Å². The normalized spacial score (nSPS) is 6.29. The van der Waals surface area contributed by atoms with Crippen LogP contribution in [-0.2, 0) is 9.59 Å². The second kappa shape index (κ2) is 3.99. The molecule has 0 radical (unpaired) electrons. The fraction of sp³-hybridized carbons (Fsp3) is 0. The molecule has 0 saturated carbocycles. The average molecular weight is 302 g/mol. The Hall–Kier alpha value is -0.177. The van der Waals surface area contributed by atoms with Crippen molar-refractivity contribution in [1.29, 1.82) is 0 Å². The molecule has 0 bridgehead atoms. The summed E-state index contributed by atoms with van der Waals surface area (Å²) in [6.07, 6.45) is 0. The summed E-state index contributed by atoms with van der Waals surface area (Å²) in [5.41, 5.74) is 0. The Bertz CT molecular complexity index is 75.7. The van der Waals surface area contributed by atoms with Crippen LogP contribution in [0, 0.1) is 0 Å². The van der Waals surface area contributed by atoms with E-state index in [4.69, 9.17) is 19.8 Å². The van der Waals surface area contributed by atoms with Crippen molar-refractivity contribution in [3.63, 3.8) is 0 Å². The summed E-state index contributed by atoms with van der Waals surface area (Å²) in [4.78, 5) is 18.2. The van der Waals surface area contributed by atoms with Gasteiger partial charge >= 0.3 is 38.1 Å². The molecular formula is C2H5BiO4. The van der Waals surface area contributed by atoms with Gasteiger partial charge in [0.2, 0.25) is 0 Å². The van der Waals surface area contributed by atoms with Crippen LogP contribution in [0.25, 0.3) is 0 Å². The Balaban J connectivity index is 0. The standard InChI is InChI=1S/C2H2O4.Bi.3H/c3-1(4)2(5)6;;;;/h(H,3,4)(H,5,6);;;;. The van der Waals surface area contributed by atoms with Gasteiger partial charge in [-0.1, -0.05) is 0 Å². The summed E-state index contributed by atoms with van der Waals surface area (Å²) < 4.78 is 0. The molecule has 7 heavy (non-hydrogen) atoms. The molecule has 0 unspecified atom stereocenters. The van der Waals surface area contributed by atoms with E-state index in [2.05, 4.69) is 0 Å². The monoisotopic (exact) mass is 302 g/mol. The van der Waals surface area contributed by atoms with Gasteiger partial charge < -0.3 is 10.2 Å². The summed E-state index contributed by atoms with van der Waals surface area (Å²) in [6, 6.07) is 0. The third-order valence-electron chi connectivity index (χ3n) is 0.183. The van der Waals surface area contributed by atoms with E-state index in [1.54, 1.807) is 0 Å². The van der Waals surface area contributed by atoms with Crippen molar-refractivity contribution >= 4 is 38.1 Å². The Morgan fingerprint density at radius 2 is 1.14 bits per heavy atom. The fourth-order valence-electron chi connectivity index (χ4n) is 0. The Kier molecular flexibility index (Phi) is 5.68. The van der Waals surface area contributed by atoms with E-state index in [0.717, 1.165) is 0 Å². The van der Waals surface area contributed by atoms with Crippen LogP contribution in [0.2, 0.25) is 0 Å². The second-order valence-corrected chi connectivity index (χ2v) is 0.610. The van der Waals surface area contributed by atoms with Crippen molar-refractivity contribution in [2.24, 2.45) is 0 Å². The molecule has 0 saturated heterocycles. The minimum atomic E-state index is -1.82. The van der Waals surface area contributed by atoms with Crippen LogP contribution in [0.5, 0.6) is 0 Å². The molecule has 0 spiro atoms. The van der Waals surface area contributed by atoms with Crippen molar-refractivity contribution in [1.82, 2.24) is 0 Å². The molecule has 42 valence electrons. The van der Waals surface area contributed by atoms with Crippen LogP contribution >= 0.6 is 0 Å². The first-order valence-corrected chi connectivity index (χ1v) is 1.11. The summed E-state index contributed by atoms with van der Waals surface area (Å²) in [5, 5.41) is 14.8. The molecular weight excluding hydrogens is 297 g/mol. The van der Waals surface area contributed by atoms with E-state index in [1.165, 1.54) is 0 Å². The predicted molar refractivity (Wildman–Crippen MR) is 25.2 cm³/mol. The molecule has 4 nitrogen and oxygen atoms in total. The SMILES string of the molecule is O=C(O)C(=O)O.[BiH3]. The number of aliphatic carboxylic acids is 2. The van der Waals surface area contributed by atoms with Crippen LogP contribution in [0.3, 0.4) is 0 Å².